The Morgan fingerprint density at radius 2 is 2.00 bits per heavy atom. The average Bonchev–Trinajstić information content (AvgIpc) is 3.11. The van der Waals surface area contributed by atoms with Crippen LogP contribution in [0.3, 0.4) is 0 Å². The van der Waals surface area contributed by atoms with Crippen LogP contribution < -0.4 is 5.32 Å². The molecule has 0 radical (unpaired) electrons. The Hall–Kier alpha value is -0.120. The number of rotatable bonds is 10. The van der Waals surface area contributed by atoms with Crippen molar-refractivity contribution in [2.75, 3.05) is 26.2 Å². The van der Waals surface area contributed by atoms with E-state index in [4.69, 9.17) is 0 Å². The Morgan fingerprint density at radius 3 is 2.47 bits per heavy atom. The van der Waals surface area contributed by atoms with Crippen LogP contribution in [-0.4, -0.2) is 47.8 Å². The van der Waals surface area contributed by atoms with E-state index >= 15 is 0 Å². The van der Waals surface area contributed by atoms with Crippen LogP contribution in [0.1, 0.15) is 52.9 Å². The van der Waals surface area contributed by atoms with Crippen LogP contribution in [0, 0.1) is 0 Å². The van der Waals surface area contributed by atoms with Crippen LogP contribution in [0.2, 0.25) is 0 Å². The number of aliphatic hydroxyl groups is 1. The SMILES string of the molecule is CCCN(CC)CCCC(C)(CO)NC1CC1. The zero-order chi connectivity index (χ0) is 12.7. The van der Waals surface area contributed by atoms with E-state index in [0.717, 1.165) is 19.5 Å². The van der Waals surface area contributed by atoms with Crippen LogP contribution in [0.4, 0.5) is 0 Å². The highest BCUT2D eigenvalue weighted by atomic mass is 16.3. The lowest BCUT2D eigenvalue weighted by Crippen LogP contribution is -2.47. The minimum absolute atomic E-state index is 0.0627. The molecule has 0 bridgehead atoms. The third-order valence-electron chi connectivity index (χ3n) is 3.67. The first kappa shape index (κ1) is 14.9. The molecule has 1 aliphatic rings. The predicted molar refractivity (Wildman–Crippen MR) is 73.3 cm³/mol. The van der Waals surface area contributed by atoms with Gasteiger partial charge in [0.25, 0.3) is 0 Å². The Morgan fingerprint density at radius 1 is 1.29 bits per heavy atom. The van der Waals surface area contributed by atoms with Gasteiger partial charge in [0.15, 0.2) is 0 Å². The van der Waals surface area contributed by atoms with Gasteiger partial charge >= 0.3 is 0 Å². The van der Waals surface area contributed by atoms with Gasteiger partial charge in [-0.15, -0.1) is 0 Å². The number of hydrogen-bond acceptors (Lipinski definition) is 3. The van der Waals surface area contributed by atoms with Crippen LogP contribution in [0.25, 0.3) is 0 Å². The van der Waals surface area contributed by atoms with Gasteiger partial charge in [-0.2, -0.15) is 0 Å². The van der Waals surface area contributed by atoms with Crippen LogP contribution >= 0.6 is 0 Å². The van der Waals surface area contributed by atoms with Gasteiger partial charge in [0.1, 0.15) is 0 Å². The summed E-state index contributed by atoms with van der Waals surface area (Å²) in [6, 6.07) is 0.671. The van der Waals surface area contributed by atoms with E-state index in [-0.39, 0.29) is 12.1 Å². The summed E-state index contributed by atoms with van der Waals surface area (Å²) in [6.45, 7) is 10.4. The molecule has 3 nitrogen and oxygen atoms in total. The van der Waals surface area contributed by atoms with Crippen LogP contribution in [-0.2, 0) is 0 Å². The van der Waals surface area contributed by atoms with Crippen molar-refractivity contribution in [1.29, 1.82) is 0 Å². The molecule has 2 N–H and O–H groups in total. The Labute approximate surface area is 107 Å². The van der Waals surface area contributed by atoms with Crippen molar-refractivity contribution in [2.45, 2.75) is 64.5 Å². The van der Waals surface area contributed by atoms with Crippen molar-refractivity contribution >= 4 is 0 Å². The summed E-state index contributed by atoms with van der Waals surface area (Å²) in [4.78, 5) is 2.49. The molecule has 0 saturated heterocycles. The average molecular weight is 242 g/mol. The predicted octanol–water partition coefficient (Wildman–Crippen LogP) is 2.00. The summed E-state index contributed by atoms with van der Waals surface area (Å²) < 4.78 is 0. The van der Waals surface area contributed by atoms with Crippen molar-refractivity contribution in [2.24, 2.45) is 0 Å². The zero-order valence-corrected chi connectivity index (χ0v) is 11.8. The second kappa shape index (κ2) is 7.34. The molecule has 0 spiro atoms. The highest BCUT2D eigenvalue weighted by Gasteiger charge is 2.31. The van der Waals surface area contributed by atoms with E-state index in [1.807, 2.05) is 0 Å². The second-order valence-corrected chi connectivity index (χ2v) is 5.68. The highest BCUT2D eigenvalue weighted by Crippen LogP contribution is 2.24. The van der Waals surface area contributed by atoms with E-state index in [0.29, 0.717) is 6.04 Å². The molecule has 17 heavy (non-hydrogen) atoms. The molecule has 0 aliphatic heterocycles. The van der Waals surface area contributed by atoms with E-state index in [1.54, 1.807) is 0 Å². The van der Waals surface area contributed by atoms with Gasteiger partial charge in [0.05, 0.1) is 6.61 Å². The van der Waals surface area contributed by atoms with Crippen molar-refractivity contribution in [3.8, 4) is 0 Å². The van der Waals surface area contributed by atoms with Gasteiger partial charge in [-0.1, -0.05) is 13.8 Å². The molecular weight excluding hydrogens is 212 g/mol. The van der Waals surface area contributed by atoms with E-state index in [2.05, 4.69) is 31.0 Å². The molecule has 0 heterocycles. The van der Waals surface area contributed by atoms with Crippen LogP contribution in [0.5, 0.6) is 0 Å². The number of nitrogens with one attached hydrogen (secondary N) is 1. The molecule has 0 aromatic heterocycles. The molecule has 1 rings (SSSR count). The molecule has 1 aliphatic carbocycles. The minimum atomic E-state index is -0.0627. The maximum absolute atomic E-state index is 9.51. The molecule has 0 aromatic rings. The second-order valence-electron chi connectivity index (χ2n) is 5.68. The van der Waals surface area contributed by atoms with Gasteiger partial charge in [-0.3, -0.25) is 0 Å². The number of nitrogens with zero attached hydrogens (tertiary/aromatic N) is 1. The summed E-state index contributed by atoms with van der Waals surface area (Å²) in [5, 5.41) is 13.1. The number of aliphatic hydroxyl groups excluding tert-OH is 1. The lowest BCUT2D eigenvalue weighted by molar-refractivity contribution is 0.155. The molecule has 1 fully saturated rings. The smallest absolute Gasteiger partial charge is 0.0610 e. The van der Waals surface area contributed by atoms with Crippen molar-refractivity contribution in [3.05, 3.63) is 0 Å². The lowest BCUT2D eigenvalue weighted by atomic mass is 9.96. The van der Waals surface area contributed by atoms with Crippen LogP contribution in [0.15, 0.2) is 0 Å². The quantitative estimate of drug-likeness (QED) is 0.615. The zero-order valence-electron chi connectivity index (χ0n) is 11.8. The molecular formula is C14H30N2O. The summed E-state index contributed by atoms with van der Waals surface area (Å²) in [5.74, 6) is 0. The molecule has 3 heteroatoms. The molecule has 0 amide bonds. The first-order chi connectivity index (χ1) is 8.13. The maximum atomic E-state index is 9.51. The number of hydrogen-bond donors (Lipinski definition) is 2. The summed E-state index contributed by atoms with van der Waals surface area (Å²) in [6.07, 6.45) is 6.04. The topological polar surface area (TPSA) is 35.5 Å². The maximum Gasteiger partial charge on any atom is 0.0610 e. The largest absolute Gasteiger partial charge is 0.394 e. The van der Waals surface area contributed by atoms with Gasteiger partial charge in [0, 0.05) is 11.6 Å². The standard InChI is InChI=1S/C14H30N2O/c1-4-10-16(5-2)11-6-9-14(3,12-17)15-13-7-8-13/h13,15,17H,4-12H2,1-3H3. The Kier molecular flexibility index (Phi) is 6.45. The Balaban J connectivity index is 2.21. The van der Waals surface area contributed by atoms with E-state index < -0.39 is 0 Å². The summed E-state index contributed by atoms with van der Waals surface area (Å²) in [7, 11) is 0. The van der Waals surface area contributed by atoms with Crippen molar-refractivity contribution in [3.63, 3.8) is 0 Å². The minimum Gasteiger partial charge on any atom is -0.394 e. The fourth-order valence-electron chi connectivity index (χ4n) is 2.35. The third-order valence-corrected chi connectivity index (χ3v) is 3.67. The highest BCUT2D eigenvalue weighted by molar-refractivity contribution is 4.92. The third kappa shape index (κ3) is 5.84. The van der Waals surface area contributed by atoms with Gasteiger partial charge in [-0.25, -0.2) is 0 Å². The van der Waals surface area contributed by atoms with Crippen molar-refractivity contribution in [1.82, 2.24) is 10.2 Å². The first-order valence-corrected chi connectivity index (χ1v) is 7.24. The van der Waals surface area contributed by atoms with Gasteiger partial charge < -0.3 is 15.3 Å². The van der Waals surface area contributed by atoms with Gasteiger partial charge in [0.2, 0.25) is 0 Å². The van der Waals surface area contributed by atoms with E-state index in [1.165, 1.54) is 32.2 Å². The molecule has 102 valence electrons. The Bertz CT molecular complexity index is 206. The summed E-state index contributed by atoms with van der Waals surface area (Å²) in [5.41, 5.74) is -0.0627. The summed E-state index contributed by atoms with van der Waals surface area (Å²) >= 11 is 0. The van der Waals surface area contributed by atoms with Gasteiger partial charge in [-0.05, 0) is 58.7 Å². The molecule has 1 saturated carbocycles. The first-order valence-electron chi connectivity index (χ1n) is 7.24. The fourth-order valence-corrected chi connectivity index (χ4v) is 2.35. The lowest BCUT2D eigenvalue weighted by Gasteiger charge is -2.30. The monoisotopic (exact) mass is 242 g/mol. The van der Waals surface area contributed by atoms with E-state index in [9.17, 15) is 5.11 Å². The molecule has 1 unspecified atom stereocenters. The van der Waals surface area contributed by atoms with Crippen molar-refractivity contribution < 1.29 is 5.11 Å². The fraction of sp³-hybridized carbons (Fsp3) is 1.00. The molecule has 0 aromatic carbocycles. The molecule has 1 atom stereocenters. The normalized spacial score (nSPS) is 19.6.